The van der Waals surface area contributed by atoms with Gasteiger partial charge in [-0.05, 0) is 18.2 Å². The highest BCUT2D eigenvalue weighted by Crippen LogP contribution is 2.36. The summed E-state index contributed by atoms with van der Waals surface area (Å²) >= 11 is 0. The molecule has 0 radical (unpaired) electrons. The van der Waals surface area contributed by atoms with E-state index in [0.29, 0.717) is 10.9 Å². The van der Waals surface area contributed by atoms with Crippen molar-refractivity contribution in [2.45, 2.75) is 12.2 Å². The summed E-state index contributed by atoms with van der Waals surface area (Å²) in [6, 6.07) is 1.94. The highest BCUT2D eigenvalue weighted by Gasteiger charge is 2.39. The quantitative estimate of drug-likeness (QED) is 0.704. The Morgan fingerprint density at radius 3 is 2.62 bits per heavy atom. The molecule has 2 rings (SSSR count). The molecule has 6 heteroatoms. The number of hydrogen-bond donors (Lipinski definition) is 3. The van der Waals surface area contributed by atoms with Crippen LogP contribution in [0, 0.1) is 0 Å². The van der Waals surface area contributed by atoms with Crippen LogP contribution in [-0.4, -0.2) is 16.3 Å². The molecule has 0 saturated heterocycles. The van der Waals surface area contributed by atoms with E-state index in [-0.39, 0.29) is 5.56 Å². The van der Waals surface area contributed by atoms with Crippen molar-refractivity contribution in [3.8, 4) is 5.75 Å². The van der Waals surface area contributed by atoms with Gasteiger partial charge in [-0.25, -0.2) is 0 Å². The summed E-state index contributed by atoms with van der Waals surface area (Å²) in [5.74, 6) is -0.447. The zero-order valence-corrected chi connectivity index (χ0v) is 8.05. The van der Waals surface area contributed by atoms with E-state index in [0.717, 1.165) is 0 Å². The Bertz CT molecular complexity index is 518. The van der Waals surface area contributed by atoms with Gasteiger partial charge < -0.3 is 15.8 Å². The van der Waals surface area contributed by atoms with Gasteiger partial charge in [0.25, 0.3) is 0 Å². The first-order valence-corrected chi connectivity index (χ1v) is 4.52. The average Bonchev–Trinajstić information content (AvgIpc) is 2.60. The largest absolute Gasteiger partial charge is 0.508 e. The number of benzene rings is 1. The fourth-order valence-corrected chi connectivity index (χ4v) is 1.53. The second-order valence-electron chi connectivity index (χ2n) is 3.50. The Morgan fingerprint density at radius 1 is 1.31 bits per heavy atom. The number of halogens is 3. The van der Waals surface area contributed by atoms with Crippen LogP contribution in [0.15, 0.2) is 24.4 Å². The Hall–Kier alpha value is -1.69. The fourth-order valence-electron chi connectivity index (χ4n) is 1.53. The number of nitrogens with two attached hydrogens (primary N) is 1. The van der Waals surface area contributed by atoms with Gasteiger partial charge in [-0.2, -0.15) is 13.2 Å². The minimum Gasteiger partial charge on any atom is -0.508 e. The molecule has 0 aliphatic rings. The van der Waals surface area contributed by atoms with Crippen LogP contribution >= 0.6 is 0 Å². The van der Waals surface area contributed by atoms with Gasteiger partial charge in [0.15, 0.2) is 0 Å². The van der Waals surface area contributed by atoms with Crippen molar-refractivity contribution in [3.63, 3.8) is 0 Å². The molecule has 86 valence electrons. The lowest BCUT2D eigenvalue weighted by Crippen LogP contribution is -2.28. The zero-order valence-electron chi connectivity index (χ0n) is 8.05. The summed E-state index contributed by atoms with van der Waals surface area (Å²) in [5, 5.41) is 10.1. The number of aromatic hydroxyl groups is 1. The number of hydrogen-bond acceptors (Lipinski definition) is 2. The molecule has 1 aromatic heterocycles. The van der Waals surface area contributed by atoms with Gasteiger partial charge in [0.05, 0.1) is 0 Å². The summed E-state index contributed by atoms with van der Waals surface area (Å²) in [6.07, 6.45) is -3.00. The summed E-state index contributed by atoms with van der Waals surface area (Å²) in [5.41, 5.74) is 5.21. The standard InChI is InChI=1S/C10H9F3N2O/c11-10(12,13)9(14)6-4-7-5(1-2-15-7)3-8(6)16/h1-4,9,15-16H,14H2/t9-/m1/s1. The summed E-state index contributed by atoms with van der Waals surface area (Å²) in [6.45, 7) is 0. The minimum absolute atomic E-state index is 0.331. The van der Waals surface area contributed by atoms with Crippen molar-refractivity contribution in [1.82, 2.24) is 4.98 Å². The number of phenolic OH excluding ortho intramolecular Hbond substituents is 1. The Kier molecular flexibility index (Phi) is 2.31. The number of aromatic nitrogens is 1. The van der Waals surface area contributed by atoms with E-state index in [9.17, 15) is 18.3 Å². The van der Waals surface area contributed by atoms with Gasteiger partial charge in [-0.1, -0.05) is 0 Å². The summed E-state index contributed by atoms with van der Waals surface area (Å²) in [7, 11) is 0. The Labute approximate surface area is 88.7 Å². The van der Waals surface area contributed by atoms with Crippen molar-refractivity contribution < 1.29 is 18.3 Å². The third-order valence-electron chi connectivity index (χ3n) is 2.39. The highest BCUT2D eigenvalue weighted by molar-refractivity contribution is 5.82. The van der Waals surface area contributed by atoms with Gasteiger partial charge in [0, 0.05) is 22.7 Å². The van der Waals surface area contributed by atoms with Gasteiger partial charge in [-0.3, -0.25) is 0 Å². The second-order valence-corrected chi connectivity index (χ2v) is 3.50. The summed E-state index contributed by atoms with van der Waals surface area (Å²) < 4.78 is 37.2. The van der Waals surface area contributed by atoms with E-state index < -0.39 is 18.0 Å². The number of alkyl halides is 3. The van der Waals surface area contributed by atoms with Crippen molar-refractivity contribution in [3.05, 3.63) is 30.0 Å². The molecule has 16 heavy (non-hydrogen) atoms. The predicted molar refractivity (Wildman–Crippen MR) is 52.9 cm³/mol. The van der Waals surface area contributed by atoms with E-state index in [1.165, 1.54) is 12.1 Å². The molecule has 0 aliphatic carbocycles. The Morgan fingerprint density at radius 2 is 2.00 bits per heavy atom. The minimum atomic E-state index is -4.57. The number of rotatable bonds is 1. The molecule has 3 nitrogen and oxygen atoms in total. The molecule has 4 N–H and O–H groups in total. The first-order chi connectivity index (χ1) is 7.39. The number of fused-ring (bicyclic) bond motifs is 1. The van der Waals surface area contributed by atoms with Crippen molar-refractivity contribution in [2.24, 2.45) is 5.73 Å². The number of aromatic amines is 1. The molecule has 0 bridgehead atoms. The van der Waals surface area contributed by atoms with Crippen LogP contribution in [0.25, 0.3) is 10.9 Å². The number of nitrogens with one attached hydrogen (secondary N) is 1. The van der Waals surface area contributed by atoms with Crippen LogP contribution in [0.1, 0.15) is 11.6 Å². The van der Waals surface area contributed by atoms with E-state index in [4.69, 9.17) is 5.73 Å². The van der Waals surface area contributed by atoms with Crippen LogP contribution in [0.2, 0.25) is 0 Å². The maximum atomic E-state index is 12.4. The van der Waals surface area contributed by atoms with Crippen molar-refractivity contribution >= 4 is 10.9 Å². The second kappa shape index (κ2) is 3.41. The monoisotopic (exact) mass is 230 g/mol. The van der Waals surface area contributed by atoms with Crippen molar-refractivity contribution in [2.75, 3.05) is 0 Å². The average molecular weight is 230 g/mol. The predicted octanol–water partition coefficient (Wildman–Crippen LogP) is 2.44. The van der Waals surface area contributed by atoms with E-state index >= 15 is 0 Å². The SMILES string of the molecule is N[C@H](c1cc2[nH]ccc2cc1O)C(F)(F)F. The van der Waals surface area contributed by atoms with Gasteiger partial charge >= 0.3 is 6.18 Å². The topological polar surface area (TPSA) is 62.0 Å². The Balaban J connectivity index is 2.55. The van der Waals surface area contributed by atoms with E-state index in [1.54, 1.807) is 12.3 Å². The van der Waals surface area contributed by atoms with E-state index in [1.807, 2.05) is 0 Å². The lowest BCUT2D eigenvalue weighted by atomic mass is 10.0. The number of H-pyrrole nitrogens is 1. The molecule has 1 heterocycles. The third kappa shape index (κ3) is 1.71. The van der Waals surface area contributed by atoms with Crippen LogP contribution < -0.4 is 5.73 Å². The fraction of sp³-hybridized carbons (Fsp3) is 0.200. The van der Waals surface area contributed by atoms with Gasteiger partial charge in [-0.15, -0.1) is 0 Å². The molecule has 0 aliphatic heterocycles. The van der Waals surface area contributed by atoms with E-state index in [2.05, 4.69) is 4.98 Å². The van der Waals surface area contributed by atoms with Gasteiger partial charge in [0.1, 0.15) is 11.8 Å². The molecular formula is C10H9F3N2O. The molecule has 0 saturated carbocycles. The van der Waals surface area contributed by atoms with Crippen LogP contribution in [0.3, 0.4) is 0 Å². The summed E-state index contributed by atoms with van der Waals surface area (Å²) in [4.78, 5) is 2.76. The van der Waals surface area contributed by atoms with Crippen LogP contribution in [-0.2, 0) is 0 Å². The first-order valence-electron chi connectivity index (χ1n) is 4.52. The van der Waals surface area contributed by atoms with Crippen molar-refractivity contribution in [1.29, 1.82) is 0 Å². The lowest BCUT2D eigenvalue weighted by Gasteiger charge is -2.17. The third-order valence-corrected chi connectivity index (χ3v) is 2.39. The molecule has 0 spiro atoms. The normalized spacial score (nSPS) is 14.2. The maximum absolute atomic E-state index is 12.4. The smallest absolute Gasteiger partial charge is 0.407 e. The highest BCUT2D eigenvalue weighted by atomic mass is 19.4. The van der Waals surface area contributed by atoms with Gasteiger partial charge in [0.2, 0.25) is 0 Å². The molecule has 0 amide bonds. The molecule has 1 atom stereocenters. The lowest BCUT2D eigenvalue weighted by molar-refractivity contribution is -0.149. The first kappa shape index (κ1) is 10.8. The molecule has 0 fully saturated rings. The number of phenols is 1. The van der Waals surface area contributed by atoms with Crippen LogP contribution in [0.5, 0.6) is 5.75 Å². The maximum Gasteiger partial charge on any atom is 0.407 e. The molecule has 2 aromatic rings. The molecule has 1 aromatic carbocycles. The van der Waals surface area contributed by atoms with Crippen LogP contribution in [0.4, 0.5) is 13.2 Å². The molecule has 0 unspecified atom stereocenters. The molecular weight excluding hydrogens is 221 g/mol. The zero-order chi connectivity index (χ0) is 11.9.